The van der Waals surface area contributed by atoms with Crippen molar-refractivity contribution in [1.82, 2.24) is 5.32 Å². The fourth-order valence-corrected chi connectivity index (χ4v) is 4.71. The molecule has 1 heterocycles. The summed E-state index contributed by atoms with van der Waals surface area (Å²) in [5.74, 6) is 1.68. The molecule has 0 saturated carbocycles. The number of para-hydroxylation sites is 1. The molecule has 1 aromatic heterocycles. The number of benzene rings is 3. The summed E-state index contributed by atoms with van der Waals surface area (Å²) in [5, 5.41) is 10.4. The number of hydrogen-bond donors (Lipinski definition) is 3. The molecule has 6 heteroatoms. The van der Waals surface area contributed by atoms with E-state index >= 15 is 0 Å². The molecule has 0 aliphatic carbocycles. The fraction of sp³-hybridized carbons (Fsp3) is 0.179. The SMILES string of the molecule is CCC(C)NCc1sc(-c2ccc(-c3ccc(Oc4ccccc4)cc3)cc2)cc1S.O=CO. The van der Waals surface area contributed by atoms with Crippen LogP contribution in [-0.4, -0.2) is 17.6 Å². The van der Waals surface area contributed by atoms with Gasteiger partial charge in [0.15, 0.2) is 0 Å². The average Bonchev–Trinajstić information content (AvgIpc) is 3.24. The summed E-state index contributed by atoms with van der Waals surface area (Å²) < 4.78 is 5.89. The van der Waals surface area contributed by atoms with E-state index in [1.165, 1.54) is 26.4 Å². The molecule has 1 unspecified atom stereocenters. The molecule has 0 aliphatic heterocycles. The highest BCUT2D eigenvalue weighted by atomic mass is 32.1. The molecule has 4 rings (SSSR count). The third-order valence-corrected chi connectivity index (χ3v) is 7.08. The molecule has 4 aromatic rings. The monoisotopic (exact) mass is 491 g/mol. The van der Waals surface area contributed by atoms with Crippen molar-refractivity contribution in [3.8, 4) is 33.1 Å². The second kappa shape index (κ2) is 13.0. The topological polar surface area (TPSA) is 58.6 Å². The molecular weight excluding hydrogens is 462 g/mol. The van der Waals surface area contributed by atoms with Gasteiger partial charge in [-0.3, -0.25) is 4.79 Å². The van der Waals surface area contributed by atoms with Crippen LogP contribution in [0.2, 0.25) is 0 Å². The smallest absolute Gasteiger partial charge is 0.290 e. The van der Waals surface area contributed by atoms with E-state index in [4.69, 9.17) is 14.6 Å². The highest BCUT2D eigenvalue weighted by Crippen LogP contribution is 2.35. The Balaban J connectivity index is 0.00000103. The van der Waals surface area contributed by atoms with Crippen molar-refractivity contribution in [1.29, 1.82) is 0 Å². The lowest BCUT2D eigenvalue weighted by Gasteiger charge is -2.10. The van der Waals surface area contributed by atoms with Crippen molar-refractivity contribution < 1.29 is 14.6 Å². The van der Waals surface area contributed by atoms with E-state index in [0.29, 0.717) is 6.04 Å². The Morgan fingerprint density at radius 2 is 1.47 bits per heavy atom. The Kier molecular flexibility index (Phi) is 9.76. The van der Waals surface area contributed by atoms with Crippen molar-refractivity contribution >= 4 is 30.4 Å². The predicted molar refractivity (Wildman–Crippen MR) is 144 cm³/mol. The van der Waals surface area contributed by atoms with Gasteiger partial charge < -0.3 is 15.2 Å². The maximum absolute atomic E-state index is 8.36. The number of nitrogens with one attached hydrogen (secondary N) is 1. The Hall–Kier alpha value is -3.06. The van der Waals surface area contributed by atoms with E-state index in [2.05, 4.69) is 74.3 Å². The van der Waals surface area contributed by atoms with Crippen molar-refractivity contribution in [2.75, 3.05) is 0 Å². The summed E-state index contributed by atoms with van der Waals surface area (Å²) in [4.78, 5) is 12.0. The van der Waals surface area contributed by atoms with Crippen LogP contribution in [0.15, 0.2) is 89.8 Å². The van der Waals surface area contributed by atoms with E-state index in [1.54, 1.807) is 0 Å². The molecule has 3 aromatic carbocycles. The van der Waals surface area contributed by atoms with E-state index in [0.717, 1.165) is 29.4 Å². The number of carboxylic acid groups (broad SMARTS) is 1. The number of carbonyl (C=O) groups is 1. The third-order valence-electron chi connectivity index (χ3n) is 5.35. The van der Waals surface area contributed by atoms with E-state index in [1.807, 2.05) is 53.8 Å². The van der Waals surface area contributed by atoms with Gasteiger partial charge in [0, 0.05) is 27.2 Å². The van der Waals surface area contributed by atoms with Crippen molar-refractivity contribution in [2.24, 2.45) is 0 Å². The number of rotatable bonds is 8. The number of thiophene rings is 1. The first kappa shape index (κ1) is 25.6. The first-order valence-corrected chi connectivity index (χ1v) is 12.4. The van der Waals surface area contributed by atoms with Gasteiger partial charge in [0.1, 0.15) is 11.5 Å². The Morgan fingerprint density at radius 1 is 0.941 bits per heavy atom. The molecule has 0 saturated heterocycles. The fourth-order valence-electron chi connectivity index (χ4n) is 3.27. The highest BCUT2D eigenvalue weighted by molar-refractivity contribution is 7.80. The summed E-state index contributed by atoms with van der Waals surface area (Å²) in [5.41, 5.74) is 3.59. The summed E-state index contributed by atoms with van der Waals surface area (Å²) in [6, 6.07) is 29.5. The summed E-state index contributed by atoms with van der Waals surface area (Å²) in [6.07, 6.45) is 1.13. The van der Waals surface area contributed by atoms with Gasteiger partial charge in [-0.05, 0) is 60.4 Å². The van der Waals surface area contributed by atoms with Crippen LogP contribution in [0.25, 0.3) is 21.6 Å². The van der Waals surface area contributed by atoms with Gasteiger partial charge in [-0.25, -0.2) is 0 Å². The molecule has 0 fully saturated rings. The molecule has 0 radical (unpaired) electrons. The molecular formula is C28H29NO3S2. The zero-order valence-corrected chi connectivity index (χ0v) is 21.0. The van der Waals surface area contributed by atoms with Crippen molar-refractivity contribution in [3.63, 3.8) is 0 Å². The van der Waals surface area contributed by atoms with Crippen molar-refractivity contribution in [2.45, 2.75) is 37.8 Å². The van der Waals surface area contributed by atoms with Gasteiger partial charge in [-0.2, -0.15) is 0 Å². The number of thiol groups is 1. The first-order valence-electron chi connectivity index (χ1n) is 11.1. The standard InChI is InChI=1S/C27H27NOS2.CH2O2/c1-3-19(2)28-18-27-25(30)17-26(31-27)22-11-9-20(10-12-22)21-13-15-24(16-14-21)29-23-7-5-4-6-8-23;2-1-3/h4-17,19,28,30H,3,18H2,1-2H3;1H,(H,2,3). The number of hydrogen-bond acceptors (Lipinski definition) is 5. The first-order chi connectivity index (χ1) is 16.5. The van der Waals surface area contributed by atoms with Gasteiger partial charge in [0.25, 0.3) is 6.47 Å². The Morgan fingerprint density at radius 3 is 2.06 bits per heavy atom. The lowest BCUT2D eigenvalue weighted by Crippen LogP contribution is -2.24. The maximum atomic E-state index is 8.36. The minimum absolute atomic E-state index is 0.250. The second-order valence-corrected chi connectivity index (χ2v) is 9.35. The van der Waals surface area contributed by atoms with Crippen LogP contribution in [0.1, 0.15) is 25.1 Å². The van der Waals surface area contributed by atoms with Gasteiger partial charge in [-0.15, -0.1) is 24.0 Å². The summed E-state index contributed by atoms with van der Waals surface area (Å²) >= 11 is 6.50. The van der Waals surface area contributed by atoms with Crippen LogP contribution in [0.4, 0.5) is 0 Å². The van der Waals surface area contributed by atoms with Gasteiger partial charge in [0.05, 0.1) is 0 Å². The lowest BCUT2D eigenvalue weighted by atomic mass is 10.0. The van der Waals surface area contributed by atoms with Gasteiger partial charge in [-0.1, -0.05) is 61.5 Å². The zero-order chi connectivity index (χ0) is 24.3. The zero-order valence-electron chi connectivity index (χ0n) is 19.3. The van der Waals surface area contributed by atoms with Gasteiger partial charge >= 0.3 is 0 Å². The van der Waals surface area contributed by atoms with Crippen molar-refractivity contribution in [3.05, 3.63) is 89.8 Å². The Bertz CT molecular complexity index is 1160. The second-order valence-electron chi connectivity index (χ2n) is 7.73. The quantitative estimate of drug-likeness (QED) is 0.174. The van der Waals surface area contributed by atoms with Gasteiger partial charge in [0.2, 0.25) is 0 Å². The molecule has 0 amide bonds. The van der Waals surface area contributed by atoms with E-state index in [-0.39, 0.29) is 6.47 Å². The summed E-state index contributed by atoms with van der Waals surface area (Å²) in [6.45, 7) is 5.03. The number of ether oxygens (including phenoxy) is 1. The molecule has 1 atom stereocenters. The Labute approximate surface area is 210 Å². The van der Waals surface area contributed by atoms with Crippen LogP contribution in [0.3, 0.4) is 0 Å². The molecule has 34 heavy (non-hydrogen) atoms. The van der Waals surface area contributed by atoms with E-state index < -0.39 is 0 Å². The largest absolute Gasteiger partial charge is 0.483 e. The molecule has 0 bridgehead atoms. The third kappa shape index (κ3) is 7.22. The normalized spacial score (nSPS) is 11.3. The predicted octanol–water partition coefficient (Wildman–Crippen LogP) is 7.75. The minimum atomic E-state index is -0.250. The molecule has 0 aliphatic rings. The highest BCUT2D eigenvalue weighted by Gasteiger charge is 2.10. The van der Waals surface area contributed by atoms with Crippen LogP contribution in [0, 0.1) is 0 Å². The maximum Gasteiger partial charge on any atom is 0.290 e. The minimum Gasteiger partial charge on any atom is -0.483 e. The lowest BCUT2D eigenvalue weighted by molar-refractivity contribution is -0.122. The van der Waals surface area contributed by atoms with Crippen LogP contribution >= 0.6 is 24.0 Å². The molecule has 2 N–H and O–H groups in total. The molecule has 4 nitrogen and oxygen atoms in total. The average molecular weight is 492 g/mol. The van der Waals surface area contributed by atoms with Crippen LogP contribution in [0.5, 0.6) is 11.5 Å². The summed E-state index contributed by atoms with van der Waals surface area (Å²) in [7, 11) is 0. The van der Waals surface area contributed by atoms with Crippen LogP contribution in [-0.2, 0) is 11.3 Å². The van der Waals surface area contributed by atoms with E-state index in [9.17, 15) is 0 Å². The molecule has 0 spiro atoms. The van der Waals surface area contributed by atoms with Crippen LogP contribution < -0.4 is 10.1 Å². The molecule has 176 valence electrons.